The summed E-state index contributed by atoms with van der Waals surface area (Å²) in [4.78, 5) is 25.1. The maximum absolute atomic E-state index is 12.1. The van der Waals surface area contributed by atoms with Crippen LogP contribution >= 0.6 is 0 Å². The van der Waals surface area contributed by atoms with E-state index >= 15 is 0 Å². The van der Waals surface area contributed by atoms with Crippen molar-refractivity contribution in [3.63, 3.8) is 0 Å². The van der Waals surface area contributed by atoms with Crippen molar-refractivity contribution in [1.29, 1.82) is 0 Å². The molecule has 0 radical (unpaired) electrons. The van der Waals surface area contributed by atoms with Gasteiger partial charge in [0.1, 0.15) is 0 Å². The number of likely N-dealkylation sites (N-methyl/N-ethyl adjacent to an activating group) is 1. The summed E-state index contributed by atoms with van der Waals surface area (Å²) >= 11 is 0. The van der Waals surface area contributed by atoms with Gasteiger partial charge < -0.3 is 15.2 Å². The van der Waals surface area contributed by atoms with Gasteiger partial charge in [-0.3, -0.25) is 14.5 Å². The van der Waals surface area contributed by atoms with E-state index in [9.17, 15) is 14.7 Å². The van der Waals surface area contributed by atoms with Crippen LogP contribution in [0, 0.1) is 5.92 Å². The van der Waals surface area contributed by atoms with Gasteiger partial charge in [-0.05, 0) is 26.8 Å². The van der Waals surface area contributed by atoms with E-state index in [0.29, 0.717) is 13.2 Å². The quantitative estimate of drug-likeness (QED) is 0.721. The highest BCUT2D eigenvalue weighted by Crippen LogP contribution is 2.20. The van der Waals surface area contributed by atoms with Crippen molar-refractivity contribution < 1.29 is 19.4 Å². The highest BCUT2D eigenvalue weighted by atomic mass is 16.5. The minimum absolute atomic E-state index is 0.0743. The van der Waals surface area contributed by atoms with Crippen LogP contribution in [0.2, 0.25) is 0 Å². The Morgan fingerprint density at radius 2 is 2.00 bits per heavy atom. The zero-order valence-electron chi connectivity index (χ0n) is 12.8. The third-order valence-electron chi connectivity index (χ3n) is 3.95. The number of nitrogens with zero attached hydrogens (tertiary/aromatic N) is 1. The summed E-state index contributed by atoms with van der Waals surface area (Å²) in [6.07, 6.45) is 0.842. The second-order valence-electron chi connectivity index (χ2n) is 5.90. The van der Waals surface area contributed by atoms with E-state index < -0.39 is 11.9 Å². The summed E-state index contributed by atoms with van der Waals surface area (Å²) in [6, 6.07) is -0.229. The van der Waals surface area contributed by atoms with Gasteiger partial charge in [-0.2, -0.15) is 0 Å². The fraction of sp³-hybridized carbons (Fsp3) is 0.857. The number of hydrogen-bond acceptors (Lipinski definition) is 4. The van der Waals surface area contributed by atoms with Crippen molar-refractivity contribution in [2.75, 3.05) is 26.3 Å². The van der Waals surface area contributed by atoms with E-state index in [1.165, 1.54) is 0 Å². The molecule has 1 saturated heterocycles. The summed E-state index contributed by atoms with van der Waals surface area (Å²) in [5.41, 5.74) is -0.241. The maximum Gasteiger partial charge on any atom is 0.310 e. The summed E-state index contributed by atoms with van der Waals surface area (Å²) in [5, 5.41) is 12.1. The van der Waals surface area contributed by atoms with Crippen LogP contribution < -0.4 is 5.32 Å². The zero-order valence-corrected chi connectivity index (χ0v) is 12.8. The smallest absolute Gasteiger partial charge is 0.310 e. The van der Waals surface area contributed by atoms with E-state index in [1.807, 2.05) is 32.6 Å². The lowest BCUT2D eigenvalue weighted by atomic mass is 10.0. The highest BCUT2D eigenvalue weighted by molar-refractivity contribution is 5.79. The number of carbonyl (C=O) groups is 2. The Hall–Kier alpha value is -1.14. The van der Waals surface area contributed by atoms with E-state index in [1.54, 1.807) is 0 Å². The first-order valence-electron chi connectivity index (χ1n) is 7.16. The molecule has 116 valence electrons. The molecule has 1 aliphatic rings. The van der Waals surface area contributed by atoms with Gasteiger partial charge in [-0.1, -0.05) is 13.8 Å². The van der Waals surface area contributed by atoms with E-state index in [2.05, 4.69) is 5.32 Å². The number of hydrogen-bond donors (Lipinski definition) is 2. The van der Waals surface area contributed by atoms with Crippen LogP contribution in [-0.2, 0) is 14.3 Å². The molecule has 1 aliphatic heterocycles. The molecule has 0 saturated carbocycles. The van der Waals surface area contributed by atoms with Gasteiger partial charge in [0.2, 0.25) is 5.91 Å². The predicted molar refractivity (Wildman–Crippen MR) is 75.5 cm³/mol. The van der Waals surface area contributed by atoms with Crippen LogP contribution in [0.1, 0.15) is 34.1 Å². The zero-order chi connectivity index (χ0) is 15.3. The SMILES string of the molecule is CCN(CC(=O)NC(C)(C)CC)C1COCC1C(=O)O. The molecule has 0 aliphatic carbocycles. The van der Waals surface area contributed by atoms with Crippen molar-refractivity contribution in [2.24, 2.45) is 5.92 Å². The molecule has 20 heavy (non-hydrogen) atoms. The van der Waals surface area contributed by atoms with Crippen LogP contribution in [0.15, 0.2) is 0 Å². The van der Waals surface area contributed by atoms with Crippen molar-refractivity contribution in [3.8, 4) is 0 Å². The number of carboxylic acids is 1. The molecule has 1 amide bonds. The second-order valence-corrected chi connectivity index (χ2v) is 5.90. The van der Waals surface area contributed by atoms with Crippen LogP contribution in [0.3, 0.4) is 0 Å². The van der Waals surface area contributed by atoms with Crippen molar-refractivity contribution in [3.05, 3.63) is 0 Å². The Balaban J connectivity index is 2.63. The molecular formula is C14H26N2O4. The Morgan fingerprint density at radius 1 is 1.35 bits per heavy atom. The molecule has 1 fully saturated rings. The minimum Gasteiger partial charge on any atom is -0.481 e. The lowest BCUT2D eigenvalue weighted by Gasteiger charge is -2.31. The number of amides is 1. The summed E-state index contributed by atoms with van der Waals surface area (Å²) in [6.45, 7) is 9.31. The van der Waals surface area contributed by atoms with E-state index in [4.69, 9.17) is 4.74 Å². The Bertz CT molecular complexity index is 357. The molecule has 6 heteroatoms. The Labute approximate surface area is 120 Å². The average molecular weight is 286 g/mol. The molecule has 0 bridgehead atoms. The summed E-state index contributed by atoms with van der Waals surface area (Å²) in [7, 11) is 0. The molecular weight excluding hydrogens is 260 g/mol. The van der Waals surface area contributed by atoms with Gasteiger partial charge in [0, 0.05) is 11.6 Å². The highest BCUT2D eigenvalue weighted by Gasteiger charge is 2.38. The minimum atomic E-state index is -0.861. The van der Waals surface area contributed by atoms with Gasteiger partial charge in [-0.15, -0.1) is 0 Å². The van der Waals surface area contributed by atoms with Crippen LogP contribution in [-0.4, -0.2) is 59.8 Å². The molecule has 1 heterocycles. The summed E-state index contributed by atoms with van der Waals surface area (Å²) < 4.78 is 5.26. The molecule has 2 unspecified atom stereocenters. The first-order chi connectivity index (χ1) is 9.30. The number of aliphatic carboxylic acids is 1. The fourth-order valence-electron chi connectivity index (χ4n) is 2.29. The first-order valence-corrected chi connectivity index (χ1v) is 7.16. The first kappa shape index (κ1) is 16.9. The van der Waals surface area contributed by atoms with E-state index in [0.717, 1.165) is 6.42 Å². The third kappa shape index (κ3) is 4.45. The predicted octanol–water partition coefficient (Wildman–Crippen LogP) is 0.713. The lowest BCUT2D eigenvalue weighted by molar-refractivity contribution is -0.143. The molecule has 0 aromatic carbocycles. The van der Waals surface area contributed by atoms with Crippen molar-refractivity contribution in [1.82, 2.24) is 10.2 Å². The van der Waals surface area contributed by atoms with Gasteiger partial charge in [0.25, 0.3) is 0 Å². The van der Waals surface area contributed by atoms with Gasteiger partial charge in [0.15, 0.2) is 0 Å². The van der Waals surface area contributed by atoms with Crippen LogP contribution in [0.4, 0.5) is 0 Å². The Kier molecular flexibility index (Phi) is 5.95. The Morgan fingerprint density at radius 3 is 2.50 bits per heavy atom. The molecule has 0 aromatic rings. The number of rotatable bonds is 7. The average Bonchev–Trinajstić information content (AvgIpc) is 2.84. The van der Waals surface area contributed by atoms with Crippen LogP contribution in [0.25, 0.3) is 0 Å². The summed E-state index contributed by atoms with van der Waals surface area (Å²) in [5.74, 6) is -1.49. The number of carbonyl (C=O) groups excluding carboxylic acids is 1. The molecule has 0 spiro atoms. The van der Waals surface area contributed by atoms with E-state index in [-0.39, 0.29) is 30.6 Å². The van der Waals surface area contributed by atoms with Gasteiger partial charge in [0.05, 0.1) is 25.7 Å². The number of nitrogens with one attached hydrogen (secondary N) is 1. The van der Waals surface area contributed by atoms with Crippen molar-refractivity contribution in [2.45, 2.75) is 45.7 Å². The maximum atomic E-state index is 12.1. The number of carboxylic acid groups (broad SMARTS) is 1. The topological polar surface area (TPSA) is 78.9 Å². The fourth-order valence-corrected chi connectivity index (χ4v) is 2.29. The largest absolute Gasteiger partial charge is 0.481 e. The standard InChI is InChI=1S/C14H26N2O4/c1-5-14(3,4)15-12(17)7-16(6-2)11-9-20-8-10(11)13(18)19/h10-11H,5-9H2,1-4H3,(H,15,17)(H,18,19). The molecule has 6 nitrogen and oxygen atoms in total. The lowest BCUT2D eigenvalue weighted by Crippen LogP contribution is -2.51. The van der Waals surface area contributed by atoms with Gasteiger partial charge >= 0.3 is 5.97 Å². The van der Waals surface area contributed by atoms with Crippen LogP contribution in [0.5, 0.6) is 0 Å². The molecule has 2 N–H and O–H groups in total. The molecule has 1 rings (SSSR count). The van der Waals surface area contributed by atoms with Crippen molar-refractivity contribution >= 4 is 11.9 Å². The normalized spacial score (nSPS) is 23.1. The molecule has 0 aromatic heterocycles. The molecule has 2 atom stereocenters. The third-order valence-corrected chi connectivity index (χ3v) is 3.95. The second kappa shape index (κ2) is 7.04. The van der Waals surface area contributed by atoms with Gasteiger partial charge in [-0.25, -0.2) is 0 Å². The number of ether oxygens (including phenoxy) is 1. The monoisotopic (exact) mass is 286 g/mol.